The largest absolute Gasteiger partial charge is 0.423 e. The number of hydrogen-bond donors (Lipinski definition) is 0. The molecule has 114 valence electrons. The van der Waals surface area contributed by atoms with Crippen molar-refractivity contribution in [2.45, 2.75) is 6.54 Å². The Morgan fingerprint density at radius 3 is 2.91 bits per heavy atom. The van der Waals surface area contributed by atoms with Gasteiger partial charge in [-0.1, -0.05) is 15.9 Å². The van der Waals surface area contributed by atoms with E-state index in [0.29, 0.717) is 15.8 Å². The van der Waals surface area contributed by atoms with Crippen molar-refractivity contribution in [2.24, 2.45) is 0 Å². The Balaban J connectivity index is 1.90. The molecule has 0 spiro atoms. The Labute approximate surface area is 142 Å². The molecule has 3 aromatic heterocycles. The normalized spacial score (nSPS) is 11.3. The zero-order valence-corrected chi connectivity index (χ0v) is 14.1. The van der Waals surface area contributed by atoms with Crippen molar-refractivity contribution in [3.05, 3.63) is 72.8 Å². The maximum Gasteiger partial charge on any atom is 0.336 e. The molecular weight excluding hydrogens is 380 g/mol. The number of benzene rings is 1. The maximum absolute atomic E-state index is 12.5. The molecule has 0 unspecified atom stereocenters. The first kappa shape index (κ1) is 14.3. The number of aromatic nitrogens is 2. The average Bonchev–Trinajstić information content (AvgIpc) is 2.98. The first-order valence-corrected chi connectivity index (χ1v) is 8.44. The van der Waals surface area contributed by atoms with E-state index in [1.165, 1.54) is 28.3 Å². The van der Waals surface area contributed by atoms with E-state index in [1.807, 2.05) is 17.5 Å². The summed E-state index contributed by atoms with van der Waals surface area (Å²) < 4.78 is 7.55. The van der Waals surface area contributed by atoms with Crippen LogP contribution in [0.4, 0.5) is 0 Å². The van der Waals surface area contributed by atoms with Crippen molar-refractivity contribution in [3.8, 4) is 0 Å². The van der Waals surface area contributed by atoms with Crippen LogP contribution >= 0.6 is 27.3 Å². The van der Waals surface area contributed by atoms with Crippen LogP contribution < -0.4 is 11.2 Å². The van der Waals surface area contributed by atoms with Crippen molar-refractivity contribution >= 4 is 48.5 Å². The van der Waals surface area contributed by atoms with E-state index in [4.69, 9.17) is 4.42 Å². The van der Waals surface area contributed by atoms with E-state index >= 15 is 0 Å². The summed E-state index contributed by atoms with van der Waals surface area (Å²) in [5, 5.41) is 3.23. The zero-order chi connectivity index (χ0) is 16.0. The van der Waals surface area contributed by atoms with E-state index in [9.17, 15) is 9.59 Å². The molecule has 0 saturated heterocycles. The fourth-order valence-electron chi connectivity index (χ4n) is 2.52. The summed E-state index contributed by atoms with van der Waals surface area (Å²) in [6, 6.07) is 8.65. The summed E-state index contributed by atoms with van der Waals surface area (Å²) in [6.07, 6.45) is 1.51. The quantitative estimate of drug-likeness (QED) is 0.493. The lowest BCUT2D eigenvalue weighted by atomic mass is 10.1. The van der Waals surface area contributed by atoms with Gasteiger partial charge in [0.05, 0.1) is 18.3 Å². The third kappa shape index (κ3) is 2.51. The van der Waals surface area contributed by atoms with Gasteiger partial charge in [0.2, 0.25) is 0 Å². The Morgan fingerprint density at radius 1 is 1.17 bits per heavy atom. The predicted molar refractivity (Wildman–Crippen MR) is 93.2 cm³/mol. The highest BCUT2D eigenvalue weighted by Gasteiger charge is 2.10. The fourth-order valence-corrected chi connectivity index (χ4v) is 3.59. The summed E-state index contributed by atoms with van der Waals surface area (Å²) in [5.41, 5.74) is 0.652. The second-order valence-corrected chi connectivity index (χ2v) is 6.86. The topological polar surface area (TPSA) is 65.1 Å². The SMILES string of the molecule is O=c1cc(Cn2cnc3sccc3c2=O)c2ccc(Br)cc2o1. The van der Waals surface area contributed by atoms with E-state index in [-0.39, 0.29) is 12.1 Å². The van der Waals surface area contributed by atoms with Crippen LogP contribution in [0.1, 0.15) is 5.56 Å². The molecule has 0 fully saturated rings. The van der Waals surface area contributed by atoms with Crippen molar-refractivity contribution in [1.29, 1.82) is 0 Å². The van der Waals surface area contributed by atoms with Gasteiger partial charge in [-0.25, -0.2) is 9.78 Å². The summed E-state index contributed by atoms with van der Waals surface area (Å²) in [5.74, 6) is 0. The minimum absolute atomic E-state index is 0.116. The standard InChI is InChI=1S/C16H9BrN2O3S/c17-10-1-2-11-9(5-14(20)22-13(11)6-10)7-19-8-18-15-12(16(19)21)3-4-23-15/h1-6,8H,7H2. The maximum atomic E-state index is 12.5. The molecule has 1 aromatic carbocycles. The molecule has 7 heteroatoms. The average molecular weight is 389 g/mol. The Hall–Kier alpha value is -2.25. The van der Waals surface area contributed by atoms with E-state index < -0.39 is 5.63 Å². The van der Waals surface area contributed by atoms with Crippen LogP contribution in [-0.2, 0) is 6.54 Å². The first-order chi connectivity index (χ1) is 11.1. The lowest BCUT2D eigenvalue weighted by Crippen LogP contribution is -2.21. The third-order valence-corrected chi connectivity index (χ3v) is 4.90. The van der Waals surface area contributed by atoms with Crippen LogP contribution in [-0.4, -0.2) is 9.55 Å². The van der Waals surface area contributed by atoms with E-state index in [1.54, 1.807) is 12.1 Å². The molecule has 0 saturated carbocycles. The van der Waals surface area contributed by atoms with Gasteiger partial charge in [-0.2, -0.15) is 0 Å². The van der Waals surface area contributed by atoms with Gasteiger partial charge in [0.25, 0.3) is 5.56 Å². The molecule has 0 atom stereocenters. The third-order valence-electron chi connectivity index (χ3n) is 3.58. The molecule has 4 rings (SSSR count). The first-order valence-electron chi connectivity index (χ1n) is 6.77. The highest BCUT2D eigenvalue weighted by Crippen LogP contribution is 2.22. The Bertz CT molecular complexity index is 1160. The second-order valence-electron chi connectivity index (χ2n) is 5.05. The molecule has 23 heavy (non-hydrogen) atoms. The molecule has 0 aliphatic rings. The van der Waals surface area contributed by atoms with Crippen molar-refractivity contribution in [3.63, 3.8) is 0 Å². The fraction of sp³-hybridized carbons (Fsp3) is 0.0625. The van der Waals surface area contributed by atoms with Gasteiger partial charge >= 0.3 is 5.63 Å². The number of rotatable bonds is 2. The van der Waals surface area contributed by atoms with Gasteiger partial charge in [-0.15, -0.1) is 11.3 Å². The lowest BCUT2D eigenvalue weighted by Gasteiger charge is -2.08. The van der Waals surface area contributed by atoms with Crippen LogP contribution in [0.15, 0.2) is 60.5 Å². The molecule has 0 N–H and O–H groups in total. The van der Waals surface area contributed by atoms with Gasteiger partial charge < -0.3 is 4.42 Å². The summed E-state index contributed by atoms with van der Waals surface area (Å²) in [6.45, 7) is 0.265. The van der Waals surface area contributed by atoms with Crippen LogP contribution in [0.5, 0.6) is 0 Å². The summed E-state index contributed by atoms with van der Waals surface area (Å²) in [4.78, 5) is 29.3. The second kappa shape index (κ2) is 5.43. The number of halogens is 1. The zero-order valence-electron chi connectivity index (χ0n) is 11.7. The number of hydrogen-bond acceptors (Lipinski definition) is 5. The molecule has 0 aliphatic carbocycles. The van der Waals surface area contributed by atoms with Crippen molar-refractivity contribution in [2.75, 3.05) is 0 Å². The Morgan fingerprint density at radius 2 is 2.04 bits per heavy atom. The summed E-state index contributed by atoms with van der Waals surface area (Å²) in [7, 11) is 0. The molecule has 5 nitrogen and oxygen atoms in total. The van der Waals surface area contributed by atoms with Crippen molar-refractivity contribution in [1.82, 2.24) is 9.55 Å². The highest BCUT2D eigenvalue weighted by atomic mass is 79.9. The van der Waals surface area contributed by atoms with Gasteiger partial charge in [0, 0.05) is 15.9 Å². The molecule has 4 aromatic rings. The van der Waals surface area contributed by atoms with Crippen LogP contribution in [0.3, 0.4) is 0 Å². The lowest BCUT2D eigenvalue weighted by molar-refractivity contribution is 0.557. The number of thiophene rings is 1. The number of fused-ring (bicyclic) bond motifs is 2. The molecule has 0 aliphatic heterocycles. The van der Waals surface area contributed by atoms with Crippen LogP contribution in [0.25, 0.3) is 21.2 Å². The van der Waals surface area contributed by atoms with Gasteiger partial charge in [-0.05, 0) is 35.2 Å². The minimum Gasteiger partial charge on any atom is -0.423 e. The van der Waals surface area contributed by atoms with Crippen molar-refractivity contribution < 1.29 is 4.42 Å². The molecule has 0 bridgehead atoms. The minimum atomic E-state index is -0.441. The Kier molecular flexibility index (Phi) is 3.39. The molecule has 0 radical (unpaired) electrons. The van der Waals surface area contributed by atoms with Gasteiger partial charge in [0.15, 0.2) is 0 Å². The molecule has 3 heterocycles. The summed E-state index contributed by atoms with van der Waals surface area (Å²) >= 11 is 4.79. The van der Waals surface area contributed by atoms with Crippen LogP contribution in [0.2, 0.25) is 0 Å². The van der Waals surface area contributed by atoms with Gasteiger partial charge in [-0.3, -0.25) is 9.36 Å². The van der Waals surface area contributed by atoms with Crippen LogP contribution in [0, 0.1) is 0 Å². The predicted octanol–water partition coefficient (Wildman–Crippen LogP) is 3.38. The van der Waals surface area contributed by atoms with Gasteiger partial charge in [0.1, 0.15) is 10.4 Å². The monoisotopic (exact) mass is 388 g/mol. The van der Waals surface area contributed by atoms with E-state index in [2.05, 4.69) is 20.9 Å². The smallest absolute Gasteiger partial charge is 0.336 e. The molecular formula is C16H9BrN2O3S. The highest BCUT2D eigenvalue weighted by molar-refractivity contribution is 9.10. The molecule has 0 amide bonds. The van der Waals surface area contributed by atoms with E-state index in [0.717, 1.165) is 15.4 Å². The number of nitrogens with zero attached hydrogens (tertiary/aromatic N) is 2.